The standard InChI is InChI=1S/C16H17Cl2N3O4/c1-9-6-14(20-25-9)19-15(22)8-21(3)16(23)10(2)24-13-5-4-11(17)7-12(13)18/h4-7,10H,8H2,1-3H3,(H,19,20,22)/t10-/m1/s1. The molecule has 134 valence electrons. The van der Waals surface area contributed by atoms with Gasteiger partial charge in [-0.15, -0.1) is 0 Å². The van der Waals surface area contributed by atoms with Crippen molar-refractivity contribution in [3.8, 4) is 5.75 Å². The Balaban J connectivity index is 1.90. The summed E-state index contributed by atoms with van der Waals surface area (Å²) in [6.45, 7) is 3.12. The van der Waals surface area contributed by atoms with Gasteiger partial charge in [0.15, 0.2) is 11.9 Å². The molecule has 0 fully saturated rings. The van der Waals surface area contributed by atoms with Crippen LogP contribution in [-0.4, -0.2) is 41.6 Å². The van der Waals surface area contributed by atoms with Gasteiger partial charge in [-0.2, -0.15) is 0 Å². The van der Waals surface area contributed by atoms with Crippen LogP contribution >= 0.6 is 23.2 Å². The summed E-state index contributed by atoms with van der Waals surface area (Å²) in [6.07, 6.45) is -0.828. The van der Waals surface area contributed by atoms with Crippen molar-refractivity contribution in [2.45, 2.75) is 20.0 Å². The lowest BCUT2D eigenvalue weighted by molar-refractivity contribution is -0.139. The molecule has 1 heterocycles. The van der Waals surface area contributed by atoms with Crippen LogP contribution in [0.2, 0.25) is 10.0 Å². The quantitative estimate of drug-likeness (QED) is 0.825. The van der Waals surface area contributed by atoms with Crippen LogP contribution in [-0.2, 0) is 9.59 Å². The molecular formula is C16H17Cl2N3O4. The van der Waals surface area contributed by atoms with Gasteiger partial charge < -0.3 is 19.5 Å². The Bertz CT molecular complexity index is 778. The predicted octanol–water partition coefficient (Wildman–Crippen LogP) is 3.15. The van der Waals surface area contributed by atoms with Crippen LogP contribution in [0.5, 0.6) is 5.75 Å². The molecule has 1 N–H and O–H groups in total. The molecule has 0 saturated heterocycles. The molecular weight excluding hydrogens is 369 g/mol. The Kier molecular flexibility index (Phi) is 6.27. The van der Waals surface area contributed by atoms with E-state index in [0.717, 1.165) is 0 Å². The zero-order valence-corrected chi connectivity index (χ0v) is 15.4. The molecule has 25 heavy (non-hydrogen) atoms. The third kappa shape index (κ3) is 5.37. The van der Waals surface area contributed by atoms with Gasteiger partial charge in [0.1, 0.15) is 11.5 Å². The van der Waals surface area contributed by atoms with Gasteiger partial charge in [-0.3, -0.25) is 9.59 Å². The van der Waals surface area contributed by atoms with Crippen molar-refractivity contribution < 1.29 is 18.8 Å². The van der Waals surface area contributed by atoms with E-state index >= 15 is 0 Å². The van der Waals surface area contributed by atoms with E-state index in [4.69, 9.17) is 32.5 Å². The number of rotatable bonds is 6. The van der Waals surface area contributed by atoms with Crippen molar-refractivity contribution in [3.63, 3.8) is 0 Å². The molecule has 1 aromatic heterocycles. The first-order chi connectivity index (χ1) is 11.8. The van der Waals surface area contributed by atoms with Gasteiger partial charge in [0.25, 0.3) is 5.91 Å². The fourth-order valence-corrected chi connectivity index (χ4v) is 2.48. The summed E-state index contributed by atoms with van der Waals surface area (Å²) < 4.78 is 10.4. The zero-order chi connectivity index (χ0) is 18.6. The van der Waals surface area contributed by atoms with Crippen molar-refractivity contribution in [2.75, 3.05) is 18.9 Å². The maximum atomic E-state index is 12.3. The second kappa shape index (κ2) is 8.22. The van der Waals surface area contributed by atoms with Crippen LogP contribution in [0.4, 0.5) is 5.82 Å². The number of hydrogen-bond donors (Lipinski definition) is 1. The highest BCUT2D eigenvalue weighted by Crippen LogP contribution is 2.28. The molecule has 0 unspecified atom stereocenters. The van der Waals surface area contributed by atoms with Crippen LogP contribution in [0.1, 0.15) is 12.7 Å². The van der Waals surface area contributed by atoms with Crippen LogP contribution in [0.15, 0.2) is 28.8 Å². The Morgan fingerprint density at radius 3 is 2.68 bits per heavy atom. The van der Waals surface area contributed by atoms with E-state index in [1.54, 1.807) is 32.0 Å². The largest absolute Gasteiger partial charge is 0.479 e. The Morgan fingerprint density at radius 2 is 2.08 bits per heavy atom. The van der Waals surface area contributed by atoms with Gasteiger partial charge in [0, 0.05) is 18.1 Å². The van der Waals surface area contributed by atoms with Crippen molar-refractivity contribution in [1.29, 1.82) is 0 Å². The lowest BCUT2D eigenvalue weighted by atomic mass is 10.3. The van der Waals surface area contributed by atoms with Gasteiger partial charge in [0.2, 0.25) is 5.91 Å². The number of aromatic nitrogens is 1. The van der Waals surface area contributed by atoms with E-state index < -0.39 is 12.0 Å². The molecule has 0 aliphatic rings. The number of anilines is 1. The fraction of sp³-hybridized carbons (Fsp3) is 0.312. The van der Waals surface area contributed by atoms with Gasteiger partial charge >= 0.3 is 0 Å². The average Bonchev–Trinajstić information content (AvgIpc) is 2.93. The molecule has 2 aromatic rings. The molecule has 7 nitrogen and oxygen atoms in total. The SMILES string of the molecule is Cc1cc(NC(=O)CN(C)C(=O)[C@@H](C)Oc2ccc(Cl)cc2Cl)no1. The molecule has 0 saturated carbocycles. The molecule has 2 rings (SSSR count). The highest BCUT2D eigenvalue weighted by atomic mass is 35.5. The minimum Gasteiger partial charge on any atom is -0.479 e. The van der Waals surface area contributed by atoms with Gasteiger partial charge in [0.05, 0.1) is 11.6 Å². The summed E-state index contributed by atoms with van der Waals surface area (Å²) in [5.74, 6) is 0.420. The highest BCUT2D eigenvalue weighted by molar-refractivity contribution is 6.35. The van der Waals surface area contributed by atoms with Gasteiger partial charge in [-0.25, -0.2) is 0 Å². The van der Waals surface area contributed by atoms with Crippen LogP contribution in [0, 0.1) is 6.92 Å². The summed E-state index contributed by atoms with van der Waals surface area (Å²) in [4.78, 5) is 25.5. The summed E-state index contributed by atoms with van der Waals surface area (Å²) >= 11 is 11.8. The van der Waals surface area contributed by atoms with E-state index in [2.05, 4.69) is 10.5 Å². The van der Waals surface area contributed by atoms with E-state index in [-0.39, 0.29) is 12.5 Å². The number of ether oxygens (including phenoxy) is 1. The van der Waals surface area contributed by atoms with E-state index in [1.807, 2.05) is 0 Å². The maximum Gasteiger partial charge on any atom is 0.263 e. The first kappa shape index (κ1) is 19.1. The monoisotopic (exact) mass is 385 g/mol. The molecule has 1 atom stereocenters. The number of halogens is 2. The molecule has 0 spiro atoms. The summed E-state index contributed by atoms with van der Waals surface area (Å²) in [5, 5.41) is 6.96. The number of nitrogens with one attached hydrogen (secondary N) is 1. The van der Waals surface area contributed by atoms with Crippen molar-refractivity contribution in [2.24, 2.45) is 0 Å². The number of nitrogens with zero attached hydrogens (tertiary/aromatic N) is 2. The van der Waals surface area contributed by atoms with E-state index in [1.165, 1.54) is 18.0 Å². The summed E-state index contributed by atoms with van der Waals surface area (Å²) in [6, 6.07) is 6.28. The normalized spacial score (nSPS) is 11.7. The number of carbonyl (C=O) groups excluding carboxylic acids is 2. The van der Waals surface area contributed by atoms with Gasteiger partial charge in [-0.1, -0.05) is 28.4 Å². The molecule has 2 amide bonds. The molecule has 9 heteroatoms. The van der Waals surface area contributed by atoms with E-state index in [9.17, 15) is 9.59 Å². The summed E-state index contributed by atoms with van der Waals surface area (Å²) in [7, 11) is 1.50. The van der Waals surface area contributed by atoms with E-state index in [0.29, 0.717) is 27.4 Å². The molecule has 1 aromatic carbocycles. The topological polar surface area (TPSA) is 84.7 Å². The Morgan fingerprint density at radius 1 is 1.36 bits per heavy atom. The first-order valence-corrected chi connectivity index (χ1v) is 8.11. The highest BCUT2D eigenvalue weighted by Gasteiger charge is 2.22. The second-order valence-corrected chi connectivity index (χ2v) is 6.24. The maximum absolute atomic E-state index is 12.3. The van der Waals surface area contributed by atoms with Crippen molar-refractivity contribution >= 4 is 40.8 Å². The van der Waals surface area contributed by atoms with Crippen molar-refractivity contribution in [3.05, 3.63) is 40.1 Å². The average molecular weight is 386 g/mol. The smallest absolute Gasteiger partial charge is 0.263 e. The number of benzene rings is 1. The third-order valence-electron chi connectivity index (χ3n) is 3.20. The molecule has 0 aliphatic carbocycles. The number of amides is 2. The molecule has 0 aliphatic heterocycles. The first-order valence-electron chi connectivity index (χ1n) is 7.36. The fourth-order valence-electron chi connectivity index (χ4n) is 2.02. The Hall–Kier alpha value is -2.25. The Labute approximate surface area is 154 Å². The predicted molar refractivity (Wildman–Crippen MR) is 94.1 cm³/mol. The zero-order valence-electron chi connectivity index (χ0n) is 13.9. The third-order valence-corrected chi connectivity index (χ3v) is 3.73. The molecule has 0 bridgehead atoms. The minimum atomic E-state index is -0.828. The van der Waals surface area contributed by atoms with Crippen LogP contribution in [0.3, 0.4) is 0 Å². The number of aryl methyl sites for hydroxylation is 1. The number of hydrogen-bond acceptors (Lipinski definition) is 5. The number of likely N-dealkylation sites (N-methyl/N-ethyl adjacent to an activating group) is 1. The van der Waals surface area contributed by atoms with Crippen molar-refractivity contribution in [1.82, 2.24) is 10.1 Å². The molecule has 0 radical (unpaired) electrons. The lowest BCUT2D eigenvalue weighted by Gasteiger charge is -2.22. The van der Waals surface area contributed by atoms with Gasteiger partial charge in [-0.05, 0) is 32.0 Å². The van der Waals surface area contributed by atoms with Crippen LogP contribution in [0.25, 0.3) is 0 Å². The lowest BCUT2D eigenvalue weighted by Crippen LogP contribution is -2.42. The number of carbonyl (C=O) groups is 2. The second-order valence-electron chi connectivity index (χ2n) is 5.40. The minimum absolute atomic E-state index is 0.160. The van der Waals surface area contributed by atoms with Crippen LogP contribution < -0.4 is 10.1 Å². The summed E-state index contributed by atoms with van der Waals surface area (Å²) in [5.41, 5.74) is 0.